The predicted octanol–water partition coefficient (Wildman–Crippen LogP) is 2.50. The molecule has 2 saturated heterocycles. The van der Waals surface area contributed by atoms with Crippen molar-refractivity contribution in [3.05, 3.63) is 0 Å². The molecule has 2 heterocycles. The molecule has 0 bridgehead atoms. The topological polar surface area (TPSA) is 15.3 Å². The molecule has 0 aliphatic carbocycles. The number of rotatable bonds is 2. The Labute approximate surface area is 101 Å². The van der Waals surface area contributed by atoms with Crippen molar-refractivity contribution in [2.75, 3.05) is 26.2 Å². The first kappa shape index (κ1) is 12.4. The van der Waals surface area contributed by atoms with Crippen molar-refractivity contribution in [3.8, 4) is 0 Å². The molecule has 0 aromatic heterocycles. The van der Waals surface area contributed by atoms with Gasteiger partial charge < -0.3 is 5.32 Å². The van der Waals surface area contributed by atoms with E-state index in [-0.39, 0.29) is 0 Å². The van der Waals surface area contributed by atoms with Crippen LogP contribution in [0.1, 0.15) is 46.5 Å². The maximum atomic E-state index is 3.56. The zero-order chi connectivity index (χ0) is 11.6. The molecule has 2 nitrogen and oxygen atoms in total. The van der Waals surface area contributed by atoms with E-state index < -0.39 is 0 Å². The standard InChI is InChI=1S/C14H28N2/c1-12-5-6-13(2)16(9-12)11-14(3)7-4-8-15-10-14/h12-13,15H,4-11H2,1-3H3. The van der Waals surface area contributed by atoms with Crippen LogP contribution in [-0.2, 0) is 0 Å². The lowest BCUT2D eigenvalue weighted by Gasteiger charge is -2.44. The van der Waals surface area contributed by atoms with Crippen molar-refractivity contribution in [2.24, 2.45) is 11.3 Å². The summed E-state index contributed by atoms with van der Waals surface area (Å²) in [6.07, 6.45) is 5.57. The molecule has 2 heteroatoms. The van der Waals surface area contributed by atoms with Gasteiger partial charge in [-0.05, 0) is 50.5 Å². The first-order valence-electron chi connectivity index (χ1n) is 7.04. The van der Waals surface area contributed by atoms with Crippen molar-refractivity contribution >= 4 is 0 Å². The van der Waals surface area contributed by atoms with E-state index >= 15 is 0 Å². The summed E-state index contributed by atoms with van der Waals surface area (Å²) in [6.45, 7) is 12.3. The van der Waals surface area contributed by atoms with Gasteiger partial charge in [-0.2, -0.15) is 0 Å². The monoisotopic (exact) mass is 224 g/mol. The maximum absolute atomic E-state index is 3.56. The average molecular weight is 224 g/mol. The van der Waals surface area contributed by atoms with Gasteiger partial charge in [-0.25, -0.2) is 0 Å². The van der Waals surface area contributed by atoms with Gasteiger partial charge in [-0.1, -0.05) is 13.8 Å². The third-order valence-electron chi connectivity index (χ3n) is 4.52. The van der Waals surface area contributed by atoms with Crippen molar-refractivity contribution in [3.63, 3.8) is 0 Å². The summed E-state index contributed by atoms with van der Waals surface area (Å²) in [6, 6.07) is 0.801. The van der Waals surface area contributed by atoms with Crippen LogP contribution in [0.15, 0.2) is 0 Å². The molecule has 0 spiro atoms. The summed E-state index contributed by atoms with van der Waals surface area (Å²) >= 11 is 0. The van der Waals surface area contributed by atoms with E-state index in [9.17, 15) is 0 Å². The molecule has 0 amide bonds. The summed E-state index contributed by atoms with van der Waals surface area (Å²) in [4.78, 5) is 2.74. The quantitative estimate of drug-likeness (QED) is 0.775. The molecule has 0 aromatic carbocycles. The fourth-order valence-corrected chi connectivity index (χ4v) is 3.34. The second kappa shape index (κ2) is 5.05. The van der Waals surface area contributed by atoms with E-state index in [1.807, 2.05) is 0 Å². The fraction of sp³-hybridized carbons (Fsp3) is 1.00. The van der Waals surface area contributed by atoms with Crippen molar-refractivity contribution < 1.29 is 0 Å². The molecule has 2 rings (SSSR count). The van der Waals surface area contributed by atoms with Gasteiger partial charge >= 0.3 is 0 Å². The molecular weight excluding hydrogens is 196 g/mol. The average Bonchev–Trinajstić information content (AvgIpc) is 2.24. The van der Waals surface area contributed by atoms with Crippen LogP contribution in [0.5, 0.6) is 0 Å². The lowest BCUT2D eigenvalue weighted by molar-refractivity contribution is 0.0613. The molecular formula is C14H28N2. The normalized spacial score (nSPS) is 42.2. The number of piperidine rings is 2. The van der Waals surface area contributed by atoms with Crippen LogP contribution in [0.4, 0.5) is 0 Å². The molecule has 3 unspecified atom stereocenters. The van der Waals surface area contributed by atoms with Crippen LogP contribution in [0.2, 0.25) is 0 Å². The number of hydrogen-bond acceptors (Lipinski definition) is 2. The zero-order valence-electron chi connectivity index (χ0n) is 11.3. The Morgan fingerprint density at radius 2 is 2.12 bits per heavy atom. The predicted molar refractivity (Wildman–Crippen MR) is 69.6 cm³/mol. The Bertz CT molecular complexity index is 221. The Morgan fingerprint density at radius 1 is 1.31 bits per heavy atom. The summed E-state index contributed by atoms with van der Waals surface area (Å²) < 4.78 is 0. The molecule has 0 aromatic rings. The molecule has 2 aliphatic heterocycles. The van der Waals surface area contributed by atoms with Crippen LogP contribution in [-0.4, -0.2) is 37.1 Å². The van der Waals surface area contributed by atoms with Crippen molar-refractivity contribution in [1.29, 1.82) is 0 Å². The second-order valence-electron chi connectivity index (χ2n) is 6.55. The van der Waals surface area contributed by atoms with E-state index in [0.29, 0.717) is 5.41 Å². The third kappa shape index (κ3) is 2.98. The molecule has 3 atom stereocenters. The highest BCUT2D eigenvalue weighted by Crippen LogP contribution is 2.30. The minimum atomic E-state index is 0.517. The van der Waals surface area contributed by atoms with Gasteiger partial charge in [0, 0.05) is 25.7 Å². The highest BCUT2D eigenvalue weighted by Gasteiger charge is 2.32. The van der Waals surface area contributed by atoms with Gasteiger partial charge in [0.15, 0.2) is 0 Å². The Kier molecular flexibility index (Phi) is 3.91. The third-order valence-corrected chi connectivity index (χ3v) is 4.52. The lowest BCUT2D eigenvalue weighted by Crippen LogP contribution is -2.50. The first-order valence-corrected chi connectivity index (χ1v) is 7.04. The van der Waals surface area contributed by atoms with Gasteiger partial charge in [0.1, 0.15) is 0 Å². The van der Waals surface area contributed by atoms with Gasteiger partial charge in [0.05, 0.1) is 0 Å². The van der Waals surface area contributed by atoms with Gasteiger partial charge in [0.25, 0.3) is 0 Å². The SMILES string of the molecule is CC1CCC(C)N(CC2(C)CCCNC2)C1. The van der Waals surface area contributed by atoms with E-state index in [1.54, 1.807) is 0 Å². The molecule has 2 aliphatic rings. The number of nitrogens with one attached hydrogen (secondary N) is 1. The first-order chi connectivity index (χ1) is 7.59. The Balaban J connectivity index is 1.91. The maximum Gasteiger partial charge on any atom is 0.00673 e. The molecule has 1 N–H and O–H groups in total. The zero-order valence-corrected chi connectivity index (χ0v) is 11.3. The van der Waals surface area contributed by atoms with Crippen molar-refractivity contribution in [1.82, 2.24) is 10.2 Å². The smallest absolute Gasteiger partial charge is 0.00673 e. The molecule has 2 fully saturated rings. The van der Waals surface area contributed by atoms with Crippen LogP contribution in [0.25, 0.3) is 0 Å². The Hall–Kier alpha value is -0.0800. The lowest BCUT2D eigenvalue weighted by atomic mass is 9.81. The summed E-state index contributed by atoms with van der Waals surface area (Å²) in [7, 11) is 0. The van der Waals surface area contributed by atoms with Crippen LogP contribution in [0, 0.1) is 11.3 Å². The number of hydrogen-bond donors (Lipinski definition) is 1. The van der Waals surface area contributed by atoms with E-state index in [4.69, 9.17) is 0 Å². The molecule has 0 saturated carbocycles. The van der Waals surface area contributed by atoms with Gasteiger partial charge in [0.2, 0.25) is 0 Å². The summed E-state index contributed by atoms with van der Waals surface area (Å²) in [5, 5.41) is 3.56. The van der Waals surface area contributed by atoms with Gasteiger partial charge in [-0.3, -0.25) is 4.90 Å². The Morgan fingerprint density at radius 3 is 2.81 bits per heavy atom. The van der Waals surface area contributed by atoms with Crippen LogP contribution >= 0.6 is 0 Å². The minimum Gasteiger partial charge on any atom is -0.316 e. The van der Waals surface area contributed by atoms with Crippen LogP contribution in [0.3, 0.4) is 0 Å². The minimum absolute atomic E-state index is 0.517. The van der Waals surface area contributed by atoms with E-state index in [2.05, 4.69) is 31.0 Å². The number of nitrogens with zero attached hydrogens (tertiary/aromatic N) is 1. The highest BCUT2D eigenvalue weighted by molar-refractivity contribution is 4.87. The largest absolute Gasteiger partial charge is 0.316 e. The van der Waals surface area contributed by atoms with Gasteiger partial charge in [-0.15, -0.1) is 0 Å². The van der Waals surface area contributed by atoms with Crippen molar-refractivity contribution in [2.45, 2.75) is 52.5 Å². The van der Waals surface area contributed by atoms with E-state index in [0.717, 1.165) is 12.0 Å². The van der Waals surface area contributed by atoms with Crippen LogP contribution < -0.4 is 5.32 Å². The fourth-order valence-electron chi connectivity index (χ4n) is 3.34. The molecule has 0 radical (unpaired) electrons. The summed E-state index contributed by atoms with van der Waals surface area (Å²) in [5.74, 6) is 0.899. The summed E-state index contributed by atoms with van der Waals surface area (Å²) in [5.41, 5.74) is 0.517. The highest BCUT2D eigenvalue weighted by atomic mass is 15.2. The van der Waals surface area contributed by atoms with E-state index in [1.165, 1.54) is 51.9 Å². The molecule has 94 valence electrons. The molecule has 16 heavy (non-hydrogen) atoms. The number of likely N-dealkylation sites (tertiary alicyclic amines) is 1. The second-order valence-corrected chi connectivity index (χ2v) is 6.55.